The number of carbonyl (C=O) groups excluding carboxylic acids is 2. The van der Waals surface area contributed by atoms with Gasteiger partial charge < -0.3 is 15.7 Å². The van der Waals surface area contributed by atoms with E-state index >= 15 is 0 Å². The minimum atomic E-state index is -0.584. The summed E-state index contributed by atoms with van der Waals surface area (Å²) in [5, 5.41) is 8.57. The molecule has 0 aromatic carbocycles. The first-order chi connectivity index (χ1) is 5.66. The number of nitrogens with zero attached hydrogens (tertiary/aromatic N) is 1. The van der Waals surface area contributed by atoms with Crippen LogP contribution in [0.15, 0.2) is 0 Å². The van der Waals surface area contributed by atoms with E-state index in [1.54, 1.807) is 0 Å². The summed E-state index contributed by atoms with van der Waals surface area (Å²) in [5.74, 6) is -0.327. The van der Waals surface area contributed by atoms with Gasteiger partial charge in [0.25, 0.3) is 0 Å². The predicted octanol–water partition coefficient (Wildman–Crippen LogP) is -0.909. The van der Waals surface area contributed by atoms with E-state index in [0.717, 1.165) is 6.42 Å². The Balaban J connectivity index is 2.63. The molecule has 2 amide bonds. The van der Waals surface area contributed by atoms with Gasteiger partial charge in [-0.1, -0.05) is 0 Å². The molecule has 5 nitrogen and oxygen atoms in total. The summed E-state index contributed by atoms with van der Waals surface area (Å²) in [6.45, 7) is 0.000185. The van der Waals surface area contributed by atoms with Crippen molar-refractivity contribution in [3.8, 4) is 0 Å². The summed E-state index contributed by atoms with van der Waals surface area (Å²) in [7, 11) is 0. The SMILES string of the molecule is NC(=O)N1CCCC1C(=O)CO. The predicted molar refractivity (Wildman–Crippen MR) is 41.4 cm³/mol. The third-order valence-electron chi connectivity index (χ3n) is 2.06. The normalized spacial score (nSPS) is 22.8. The number of carbonyl (C=O) groups is 2. The average molecular weight is 172 g/mol. The van der Waals surface area contributed by atoms with Crippen molar-refractivity contribution in [1.29, 1.82) is 0 Å². The van der Waals surface area contributed by atoms with Crippen LogP contribution in [0.1, 0.15) is 12.8 Å². The van der Waals surface area contributed by atoms with E-state index in [9.17, 15) is 9.59 Å². The summed E-state index contributed by atoms with van der Waals surface area (Å²) in [6, 6.07) is -1.08. The molecule has 5 heteroatoms. The van der Waals surface area contributed by atoms with Crippen LogP contribution in [-0.4, -0.2) is 41.0 Å². The molecule has 0 aliphatic carbocycles. The van der Waals surface area contributed by atoms with Crippen LogP contribution >= 0.6 is 0 Å². The topological polar surface area (TPSA) is 83.6 Å². The van der Waals surface area contributed by atoms with Crippen LogP contribution in [0.4, 0.5) is 4.79 Å². The molecule has 1 heterocycles. The minimum absolute atomic E-state index is 0.327. The van der Waals surface area contributed by atoms with Gasteiger partial charge >= 0.3 is 6.03 Å². The van der Waals surface area contributed by atoms with Gasteiger partial charge in [-0.3, -0.25) is 4.79 Å². The highest BCUT2D eigenvalue weighted by Gasteiger charge is 2.31. The summed E-state index contributed by atoms with van der Waals surface area (Å²) in [4.78, 5) is 23.1. The number of rotatable bonds is 2. The molecule has 1 saturated heterocycles. The molecule has 0 saturated carbocycles. The molecule has 1 atom stereocenters. The van der Waals surface area contributed by atoms with Crippen LogP contribution in [0.2, 0.25) is 0 Å². The zero-order valence-electron chi connectivity index (χ0n) is 6.69. The number of nitrogens with two attached hydrogens (primary N) is 1. The van der Waals surface area contributed by atoms with Crippen LogP contribution in [0.25, 0.3) is 0 Å². The Hall–Kier alpha value is -1.10. The summed E-state index contributed by atoms with van der Waals surface area (Å²) >= 11 is 0. The Morgan fingerprint density at radius 1 is 1.58 bits per heavy atom. The van der Waals surface area contributed by atoms with Crippen LogP contribution in [0.3, 0.4) is 0 Å². The second-order valence-corrected chi connectivity index (χ2v) is 2.81. The molecular formula is C7H12N2O3. The number of urea groups is 1. The number of hydrogen-bond acceptors (Lipinski definition) is 3. The number of ketones is 1. The average Bonchev–Trinajstić information content (AvgIpc) is 2.50. The van der Waals surface area contributed by atoms with Gasteiger partial charge in [-0.2, -0.15) is 0 Å². The van der Waals surface area contributed by atoms with Crippen molar-refractivity contribution in [1.82, 2.24) is 4.90 Å². The molecule has 68 valence electrons. The number of Topliss-reactive ketones (excluding diaryl/α,β-unsaturated/α-hetero) is 1. The van der Waals surface area contributed by atoms with E-state index in [4.69, 9.17) is 10.8 Å². The lowest BCUT2D eigenvalue weighted by Crippen LogP contribution is -2.44. The summed E-state index contributed by atoms with van der Waals surface area (Å²) in [6.07, 6.45) is 1.39. The third-order valence-corrected chi connectivity index (χ3v) is 2.06. The van der Waals surface area contributed by atoms with Crippen LogP contribution in [0, 0.1) is 0 Å². The molecule has 0 spiro atoms. The van der Waals surface area contributed by atoms with E-state index in [0.29, 0.717) is 13.0 Å². The molecule has 1 aliphatic rings. The van der Waals surface area contributed by atoms with Crippen molar-refractivity contribution in [2.45, 2.75) is 18.9 Å². The lowest BCUT2D eigenvalue weighted by Gasteiger charge is -2.20. The molecule has 0 aromatic heterocycles. The Morgan fingerprint density at radius 3 is 2.75 bits per heavy atom. The van der Waals surface area contributed by atoms with Gasteiger partial charge in [0, 0.05) is 6.54 Å². The highest BCUT2D eigenvalue weighted by Crippen LogP contribution is 2.16. The Kier molecular flexibility index (Phi) is 2.65. The number of primary amides is 1. The molecule has 0 aromatic rings. The maximum Gasteiger partial charge on any atom is 0.315 e. The number of hydrogen-bond donors (Lipinski definition) is 2. The first-order valence-electron chi connectivity index (χ1n) is 3.86. The Bertz CT molecular complexity index is 205. The molecule has 1 aliphatic heterocycles. The monoisotopic (exact) mass is 172 g/mol. The summed E-state index contributed by atoms with van der Waals surface area (Å²) < 4.78 is 0. The van der Waals surface area contributed by atoms with Crippen LogP contribution < -0.4 is 5.73 Å². The van der Waals surface area contributed by atoms with Crippen LogP contribution in [0.5, 0.6) is 0 Å². The van der Waals surface area contributed by atoms with Gasteiger partial charge in [0.15, 0.2) is 5.78 Å². The lowest BCUT2D eigenvalue weighted by molar-refractivity contribution is -0.125. The number of amides is 2. The Morgan fingerprint density at radius 2 is 2.25 bits per heavy atom. The van der Waals surface area contributed by atoms with Gasteiger partial charge in [-0.05, 0) is 12.8 Å². The van der Waals surface area contributed by atoms with Crippen molar-refractivity contribution in [2.24, 2.45) is 5.73 Å². The number of aliphatic hydroxyl groups is 1. The van der Waals surface area contributed by atoms with E-state index in [1.165, 1.54) is 4.90 Å². The fourth-order valence-corrected chi connectivity index (χ4v) is 1.47. The van der Waals surface area contributed by atoms with E-state index in [1.807, 2.05) is 0 Å². The van der Waals surface area contributed by atoms with Gasteiger partial charge in [0.05, 0.1) is 6.04 Å². The van der Waals surface area contributed by atoms with E-state index in [-0.39, 0.29) is 5.78 Å². The van der Waals surface area contributed by atoms with Gasteiger partial charge in [-0.15, -0.1) is 0 Å². The number of aliphatic hydroxyl groups excluding tert-OH is 1. The molecular weight excluding hydrogens is 160 g/mol. The molecule has 3 N–H and O–H groups in total. The zero-order valence-corrected chi connectivity index (χ0v) is 6.69. The maximum atomic E-state index is 11.0. The van der Waals surface area contributed by atoms with E-state index in [2.05, 4.69) is 0 Å². The maximum absolute atomic E-state index is 11.0. The third kappa shape index (κ3) is 1.55. The second-order valence-electron chi connectivity index (χ2n) is 2.81. The first kappa shape index (κ1) is 8.99. The molecule has 1 rings (SSSR count). The van der Waals surface area contributed by atoms with Crippen molar-refractivity contribution in [3.63, 3.8) is 0 Å². The second kappa shape index (κ2) is 3.53. The fourth-order valence-electron chi connectivity index (χ4n) is 1.47. The quantitative estimate of drug-likeness (QED) is 0.565. The van der Waals surface area contributed by atoms with Gasteiger partial charge in [-0.25, -0.2) is 4.79 Å². The molecule has 0 radical (unpaired) electrons. The highest BCUT2D eigenvalue weighted by molar-refractivity contribution is 5.89. The van der Waals surface area contributed by atoms with E-state index < -0.39 is 18.7 Å². The minimum Gasteiger partial charge on any atom is -0.389 e. The van der Waals surface area contributed by atoms with Crippen molar-refractivity contribution >= 4 is 11.8 Å². The van der Waals surface area contributed by atoms with Crippen molar-refractivity contribution < 1.29 is 14.7 Å². The molecule has 12 heavy (non-hydrogen) atoms. The lowest BCUT2D eigenvalue weighted by atomic mass is 10.1. The highest BCUT2D eigenvalue weighted by atomic mass is 16.3. The largest absolute Gasteiger partial charge is 0.389 e. The zero-order chi connectivity index (χ0) is 9.14. The fraction of sp³-hybridized carbons (Fsp3) is 0.714. The van der Waals surface area contributed by atoms with Crippen LogP contribution in [-0.2, 0) is 4.79 Å². The van der Waals surface area contributed by atoms with Gasteiger partial charge in [0.1, 0.15) is 6.61 Å². The smallest absolute Gasteiger partial charge is 0.315 e. The Labute approximate surface area is 70.1 Å². The standard InChI is InChI=1S/C7H12N2O3/c8-7(12)9-3-1-2-5(9)6(11)4-10/h5,10H,1-4H2,(H2,8,12). The first-order valence-corrected chi connectivity index (χ1v) is 3.86. The van der Waals surface area contributed by atoms with Crippen molar-refractivity contribution in [2.75, 3.05) is 13.2 Å². The molecule has 1 fully saturated rings. The van der Waals surface area contributed by atoms with Gasteiger partial charge in [0.2, 0.25) is 0 Å². The summed E-state index contributed by atoms with van der Waals surface area (Å²) in [5.41, 5.74) is 5.03. The number of likely N-dealkylation sites (tertiary alicyclic amines) is 1. The molecule has 1 unspecified atom stereocenters. The molecule has 0 bridgehead atoms. The van der Waals surface area contributed by atoms with Crippen molar-refractivity contribution in [3.05, 3.63) is 0 Å².